The molecule has 0 atom stereocenters. The van der Waals surface area contributed by atoms with E-state index in [-0.39, 0.29) is 29.5 Å². The first-order valence-electron chi connectivity index (χ1n) is 10.1. The molecule has 8 heteroatoms. The van der Waals surface area contributed by atoms with Crippen molar-refractivity contribution in [1.82, 2.24) is 9.55 Å². The average Bonchev–Trinajstić information content (AvgIpc) is 3.33. The molecular formula is C24H21N3O4S. The summed E-state index contributed by atoms with van der Waals surface area (Å²) in [5.41, 5.74) is 1.56. The second-order valence-corrected chi connectivity index (χ2v) is 8.02. The molecule has 0 unspecified atom stereocenters. The summed E-state index contributed by atoms with van der Waals surface area (Å²) >= 11 is 1.21. The first-order valence-corrected chi connectivity index (χ1v) is 11.1. The summed E-state index contributed by atoms with van der Waals surface area (Å²) in [6.07, 6.45) is 1.94. The van der Waals surface area contributed by atoms with Crippen molar-refractivity contribution in [2.75, 3.05) is 11.1 Å². The quantitative estimate of drug-likeness (QED) is 0.245. The number of carbonyl (C=O) groups excluding carboxylic acids is 2. The number of para-hydroxylation sites is 1. The van der Waals surface area contributed by atoms with Crippen LogP contribution >= 0.6 is 11.8 Å². The van der Waals surface area contributed by atoms with Crippen LogP contribution in [0.2, 0.25) is 0 Å². The maximum atomic E-state index is 13.1. The first-order chi connectivity index (χ1) is 15.5. The Bertz CT molecular complexity index is 1310. The van der Waals surface area contributed by atoms with Gasteiger partial charge in [-0.05, 0) is 48.5 Å². The van der Waals surface area contributed by atoms with E-state index in [9.17, 15) is 14.4 Å². The SMILES string of the molecule is CCC(=O)Nc1ccc(C(=O)CSc2nc3ccccc3c(=O)n2Cc2ccco2)cc1. The van der Waals surface area contributed by atoms with Gasteiger partial charge >= 0.3 is 0 Å². The van der Waals surface area contributed by atoms with Gasteiger partial charge in [0.1, 0.15) is 5.76 Å². The molecule has 2 aromatic carbocycles. The summed E-state index contributed by atoms with van der Waals surface area (Å²) in [5, 5.41) is 3.72. The normalized spacial score (nSPS) is 10.9. The number of aromatic nitrogens is 2. The summed E-state index contributed by atoms with van der Waals surface area (Å²) in [6, 6.07) is 17.5. The van der Waals surface area contributed by atoms with Crippen molar-refractivity contribution in [3.05, 3.63) is 88.6 Å². The van der Waals surface area contributed by atoms with E-state index in [0.717, 1.165) is 0 Å². The van der Waals surface area contributed by atoms with E-state index < -0.39 is 0 Å². The number of ketones is 1. The van der Waals surface area contributed by atoms with E-state index in [1.807, 2.05) is 6.07 Å². The lowest BCUT2D eigenvalue weighted by Crippen LogP contribution is -2.24. The van der Waals surface area contributed by atoms with Crippen molar-refractivity contribution in [2.24, 2.45) is 0 Å². The van der Waals surface area contributed by atoms with Crippen LogP contribution in [0.1, 0.15) is 29.5 Å². The van der Waals surface area contributed by atoms with Crippen molar-refractivity contribution in [3.8, 4) is 0 Å². The van der Waals surface area contributed by atoms with Gasteiger partial charge < -0.3 is 9.73 Å². The lowest BCUT2D eigenvalue weighted by atomic mass is 10.1. The molecule has 0 saturated carbocycles. The third-order valence-corrected chi connectivity index (χ3v) is 5.84. The molecule has 32 heavy (non-hydrogen) atoms. The zero-order valence-electron chi connectivity index (χ0n) is 17.4. The van der Waals surface area contributed by atoms with Gasteiger partial charge in [0, 0.05) is 17.7 Å². The molecule has 2 heterocycles. The van der Waals surface area contributed by atoms with Crippen molar-refractivity contribution < 1.29 is 14.0 Å². The predicted molar refractivity (Wildman–Crippen MR) is 124 cm³/mol. The van der Waals surface area contributed by atoms with Gasteiger partial charge in [-0.2, -0.15) is 0 Å². The molecule has 0 aliphatic carbocycles. The Labute approximate surface area is 188 Å². The maximum Gasteiger partial charge on any atom is 0.262 e. The number of amides is 1. The Hall–Kier alpha value is -3.65. The van der Waals surface area contributed by atoms with Gasteiger partial charge in [-0.1, -0.05) is 30.8 Å². The highest BCUT2D eigenvalue weighted by molar-refractivity contribution is 7.99. The number of hydrogen-bond donors (Lipinski definition) is 1. The number of benzene rings is 2. The summed E-state index contributed by atoms with van der Waals surface area (Å²) < 4.78 is 6.94. The fourth-order valence-corrected chi connectivity index (χ4v) is 4.05. The Morgan fingerprint density at radius 3 is 2.56 bits per heavy atom. The first kappa shape index (κ1) is 21.6. The summed E-state index contributed by atoms with van der Waals surface area (Å²) in [4.78, 5) is 42.0. The van der Waals surface area contributed by atoms with Crippen LogP contribution in [-0.4, -0.2) is 27.0 Å². The molecule has 7 nitrogen and oxygen atoms in total. The number of nitrogens with zero attached hydrogens (tertiary/aromatic N) is 2. The molecule has 4 aromatic rings. The molecule has 0 saturated heterocycles. The minimum Gasteiger partial charge on any atom is -0.467 e. The smallest absolute Gasteiger partial charge is 0.262 e. The number of fused-ring (bicyclic) bond motifs is 1. The van der Waals surface area contributed by atoms with Crippen LogP contribution in [0.25, 0.3) is 10.9 Å². The van der Waals surface area contributed by atoms with E-state index >= 15 is 0 Å². The van der Waals surface area contributed by atoms with Gasteiger partial charge in [-0.25, -0.2) is 4.98 Å². The van der Waals surface area contributed by atoms with Crippen LogP contribution in [0, 0.1) is 0 Å². The molecule has 0 spiro atoms. The number of carbonyl (C=O) groups is 2. The molecule has 4 rings (SSSR count). The molecule has 0 radical (unpaired) electrons. The molecule has 1 N–H and O–H groups in total. The van der Waals surface area contributed by atoms with Crippen molar-refractivity contribution >= 4 is 40.0 Å². The monoisotopic (exact) mass is 447 g/mol. The maximum absolute atomic E-state index is 13.1. The summed E-state index contributed by atoms with van der Waals surface area (Å²) in [6.45, 7) is 2.00. The van der Waals surface area contributed by atoms with Crippen molar-refractivity contribution in [2.45, 2.75) is 25.0 Å². The Balaban J connectivity index is 1.56. The third kappa shape index (κ3) is 4.81. The Morgan fingerprint density at radius 1 is 1.06 bits per heavy atom. The van der Waals surface area contributed by atoms with Gasteiger partial charge in [0.05, 0.1) is 29.5 Å². The van der Waals surface area contributed by atoms with E-state index in [4.69, 9.17) is 4.42 Å². The van der Waals surface area contributed by atoms with E-state index in [2.05, 4.69) is 10.3 Å². The minimum absolute atomic E-state index is 0.0865. The molecule has 2 aromatic heterocycles. The number of rotatable bonds is 8. The van der Waals surface area contributed by atoms with Crippen LogP contribution < -0.4 is 10.9 Å². The van der Waals surface area contributed by atoms with Gasteiger partial charge in [0.25, 0.3) is 5.56 Å². The second kappa shape index (κ2) is 9.65. The van der Waals surface area contributed by atoms with E-state index in [1.165, 1.54) is 16.3 Å². The molecule has 0 aliphatic heterocycles. The van der Waals surface area contributed by atoms with Crippen LogP contribution in [0.4, 0.5) is 5.69 Å². The highest BCUT2D eigenvalue weighted by Gasteiger charge is 2.15. The second-order valence-electron chi connectivity index (χ2n) is 7.07. The predicted octanol–water partition coefficient (Wildman–Crippen LogP) is 4.36. The van der Waals surface area contributed by atoms with Crippen LogP contribution in [-0.2, 0) is 11.3 Å². The standard InChI is InChI=1S/C24H21N3O4S/c1-2-22(29)25-17-11-9-16(10-12-17)21(28)15-32-24-26-20-8-4-3-7-19(20)23(30)27(24)14-18-6-5-13-31-18/h3-13H,2,14-15H2,1H3,(H,25,29). The average molecular weight is 448 g/mol. The summed E-state index contributed by atoms with van der Waals surface area (Å²) in [7, 11) is 0. The highest BCUT2D eigenvalue weighted by Crippen LogP contribution is 2.21. The number of thioether (sulfide) groups is 1. The topological polar surface area (TPSA) is 94.2 Å². The molecular weight excluding hydrogens is 426 g/mol. The van der Waals surface area contributed by atoms with Gasteiger partial charge in [0.2, 0.25) is 5.91 Å². The Morgan fingerprint density at radius 2 is 1.84 bits per heavy atom. The Kier molecular flexibility index (Phi) is 6.51. The number of anilines is 1. The van der Waals surface area contributed by atoms with Crippen LogP contribution in [0.5, 0.6) is 0 Å². The van der Waals surface area contributed by atoms with Gasteiger partial charge in [-0.3, -0.25) is 19.0 Å². The van der Waals surface area contributed by atoms with E-state index in [1.54, 1.807) is 67.8 Å². The minimum atomic E-state index is -0.182. The molecule has 162 valence electrons. The number of nitrogens with one attached hydrogen (secondary N) is 1. The summed E-state index contributed by atoms with van der Waals surface area (Å²) in [5.74, 6) is 0.554. The molecule has 0 bridgehead atoms. The van der Waals surface area contributed by atoms with E-state index in [0.29, 0.717) is 39.5 Å². The zero-order valence-corrected chi connectivity index (χ0v) is 18.2. The highest BCUT2D eigenvalue weighted by atomic mass is 32.2. The van der Waals surface area contributed by atoms with Crippen LogP contribution in [0.15, 0.2) is 81.3 Å². The number of Topliss-reactive ketones (excluding diaryl/α,β-unsaturated/α-hetero) is 1. The third-order valence-electron chi connectivity index (χ3n) is 4.86. The lowest BCUT2D eigenvalue weighted by molar-refractivity contribution is -0.115. The zero-order chi connectivity index (χ0) is 22.5. The van der Waals surface area contributed by atoms with Gasteiger partial charge in [-0.15, -0.1) is 0 Å². The number of furan rings is 1. The van der Waals surface area contributed by atoms with Crippen molar-refractivity contribution in [3.63, 3.8) is 0 Å². The fraction of sp³-hybridized carbons (Fsp3) is 0.167. The molecule has 1 amide bonds. The largest absolute Gasteiger partial charge is 0.467 e. The van der Waals surface area contributed by atoms with Gasteiger partial charge in [0.15, 0.2) is 10.9 Å². The molecule has 0 aliphatic rings. The lowest BCUT2D eigenvalue weighted by Gasteiger charge is -2.12. The number of hydrogen-bond acceptors (Lipinski definition) is 6. The van der Waals surface area contributed by atoms with Crippen molar-refractivity contribution in [1.29, 1.82) is 0 Å². The molecule has 0 fully saturated rings. The van der Waals surface area contributed by atoms with Crippen LogP contribution in [0.3, 0.4) is 0 Å². The fourth-order valence-electron chi connectivity index (χ4n) is 3.16.